The molecule has 8 nitrogen and oxygen atoms in total. The van der Waals surface area contributed by atoms with E-state index in [1.54, 1.807) is 0 Å². The van der Waals surface area contributed by atoms with Gasteiger partial charge in [-0.25, -0.2) is 19.9 Å². The molecule has 0 amide bonds. The van der Waals surface area contributed by atoms with Gasteiger partial charge in [0, 0.05) is 110 Å². The molecule has 0 aliphatic heterocycles. The molecule has 0 unspecified atom stereocenters. The summed E-state index contributed by atoms with van der Waals surface area (Å²) in [6.07, 6.45) is 0. The molecule has 24 rings (SSSR count). The molecule has 0 saturated heterocycles. The van der Waals surface area contributed by atoms with Crippen LogP contribution in [-0.2, 0) is 10.8 Å². The van der Waals surface area contributed by atoms with Gasteiger partial charge in [0.1, 0.15) is 0 Å². The fourth-order valence-corrected chi connectivity index (χ4v) is 19.3. The standard InChI is InChI=1S/2C55H38N4/c1-55(2)46-31-45-41-23-13-15-25-51(41)58(38-20-10-5-11-21-38)52(45)32-43(46)42-30-44-40-22-12-14-24-50(40)59(53(44)33-47(42)55)39-28-26-36(27-29-39)49-34-48(35-16-6-3-7-17-35)56-54(57-49)37-18-8-4-9-19-37;1-55(2)46-31-45-41-23-13-15-25-51(41)59(39-28-26-36(27-29-39)49-34-48(35-16-6-3-7-17-35)56-54(57-49)37-18-8-4-9-19-37)52(45)32-43(46)42-30-44-40-22-12-14-24-50(40)58(53(44)33-47(42)55)38-20-10-5-11-21-38/h2*3-34H,1-2H3. The van der Waals surface area contributed by atoms with E-state index in [0.717, 1.165) is 67.5 Å². The molecule has 22 aromatic rings. The van der Waals surface area contributed by atoms with Crippen LogP contribution >= 0.6 is 0 Å². The normalized spacial score (nSPS) is 13.1. The number of rotatable bonds is 10. The van der Waals surface area contributed by atoms with Crippen molar-refractivity contribution in [2.24, 2.45) is 0 Å². The third kappa shape index (κ3) is 10.8. The topological polar surface area (TPSA) is 71.3 Å². The zero-order valence-corrected chi connectivity index (χ0v) is 65.5. The number of aromatic nitrogens is 8. The zero-order valence-electron chi connectivity index (χ0n) is 65.5. The summed E-state index contributed by atoms with van der Waals surface area (Å²) < 4.78 is 9.73. The van der Waals surface area contributed by atoms with Crippen molar-refractivity contribution in [3.05, 3.63) is 411 Å². The molecule has 556 valence electrons. The van der Waals surface area contributed by atoms with Crippen LogP contribution in [0.1, 0.15) is 49.9 Å². The molecule has 0 atom stereocenters. The molecule has 2 aliphatic carbocycles. The average molecular weight is 1510 g/mol. The number of hydrogen-bond acceptors (Lipinski definition) is 4. The van der Waals surface area contributed by atoms with Crippen molar-refractivity contribution >= 4 is 87.2 Å². The van der Waals surface area contributed by atoms with Crippen LogP contribution in [0.3, 0.4) is 0 Å². The molecule has 0 radical (unpaired) electrons. The Morgan fingerprint density at radius 2 is 0.407 bits per heavy atom. The molecule has 6 aromatic heterocycles. The van der Waals surface area contributed by atoms with Crippen LogP contribution in [0.25, 0.3) is 200 Å². The minimum Gasteiger partial charge on any atom is -0.309 e. The number of fused-ring (bicyclic) bond motifs is 18. The van der Waals surface area contributed by atoms with Crippen LogP contribution in [0.2, 0.25) is 0 Å². The molecule has 8 heteroatoms. The van der Waals surface area contributed by atoms with Crippen molar-refractivity contribution in [2.75, 3.05) is 0 Å². The van der Waals surface area contributed by atoms with Gasteiger partial charge >= 0.3 is 0 Å². The SMILES string of the molecule is CC1(C)c2cc3c4ccccc4n(-c4ccc(-c5cc(-c6ccccc6)nc(-c6ccccc6)n5)cc4)c3cc2-c2cc3c4ccccc4n(-c4ccccc4)c3cc21.CC1(C)c2cc3c4ccccc4n(-c4ccccc4)c3cc2-c2cc3c4ccccc4n(-c4ccc(-c5cc(-c6ccccc6)nc(-c6ccccc6)n5)cc4)c3cc21. The zero-order chi connectivity index (χ0) is 78.5. The monoisotopic (exact) mass is 1510 g/mol. The summed E-state index contributed by atoms with van der Waals surface area (Å²) in [5.74, 6) is 1.43. The van der Waals surface area contributed by atoms with Gasteiger partial charge in [0.15, 0.2) is 11.6 Å². The average Bonchev–Trinajstić information content (AvgIpc) is 1.54. The first-order valence-electron chi connectivity index (χ1n) is 40.7. The van der Waals surface area contributed by atoms with Gasteiger partial charge in [-0.3, -0.25) is 0 Å². The molecule has 0 spiro atoms. The smallest absolute Gasteiger partial charge is 0.160 e. The summed E-state index contributed by atoms with van der Waals surface area (Å²) >= 11 is 0. The maximum Gasteiger partial charge on any atom is 0.160 e. The fraction of sp³-hybridized carbons (Fsp3) is 0.0545. The predicted octanol–water partition coefficient (Wildman–Crippen LogP) is 28.0. The Kier molecular flexibility index (Phi) is 15.5. The lowest BCUT2D eigenvalue weighted by atomic mass is 9.82. The molecule has 118 heavy (non-hydrogen) atoms. The van der Waals surface area contributed by atoms with Crippen LogP contribution in [-0.4, -0.2) is 38.2 Å². The van der Waals surface area contributed by atoms with Crippen LogP contribution < -0.4 is 0 Å². The lowest BCUT2D eigenvalue weighted by molar-refractivity contribution is 0.661. The summed E-state index contributed by atoms with van der Waals surface area (Å²) in [5, 5.41) is 10.1. The number of para-hydroxylation sites is 6. The highest BCUT2D eigenvalue weighted by Crippen LogP contribution is 2.56. The Balaban J connectivity index is 0.000000138. The quantitative estimate of drug-likeness (QED) is 0.137. The van der Waals surface area contributed by atoms with E-state index in [1.165, 1.54) is 143 Å². The molecule has 0 N–H and O–H groups in total. The second-order valence-corrected chi connectivity index (χ2v) is 32.5. The van der Waals surface area contributed by atoms with Crippen molar-refractivity contribution in [1.82, 2.24) is 38.2 Å². The molecule has 0 bridgehead atoms. The lowest BCUT2D eigenvalue weighted by Gasteiger charge is -2.22. The summed E-state index contributed by atoms with van der Waals surface area (Å²) in [6, 6.07) is 140. The highest BCUT2D eigenvalue weighted by molar-refractivity contribution is 6.17. The van der Waals surface area contributed by atoms with Gasteiger partial charge in [-0.2, -0.15) is 0 Å². The Bertz CT molecular complexity index is 7670. The van der Waals surface area contributed by atoms with Crippen LogP contribution in [0, 0.1) is 0 Å². The molecular weight excluding hydrogens is 1430 g/mol. The van der Waals surface area contributed by atoms with Crippen molar-refractivity contribution in [2.45, 2.75) is 38.5 Å². The van der Waals surface area contributed by atoms with Crippen molar-refractivity contribution in [3.63, 3.8) is 0 Å². The minimum absolute atomic E-state index is 0.190. The summed E-state index contributed by atoms with van der Waals surface area (Å²) in [4.78, 5) is 20.2. The largest absolute Gasteiger partial charge is 0.309 e. The van der Waals surface area contributed by atoms with Crippen molar-refractivity contribution in [3.8, 4) is 113 Å². The fourth-order valence-electron chi connectivity index (χ4n) is 19.3. The molecule has 16 aromatic carbocycles. The van der Waals surface area contributed by atoms with E-state index in [1.807, 2.05) is 48.5 Å². The van der Waals surface area contributed by atoms with E-state index in [4.69, 9.17) is 19.9 Å². The number of hydrogen-bond donors (Lipinski definition) is 0. The molecular formula is C110H76N8. The lowest BCUT2D eigenvalue weighted by Crippen LogP contribution is -2.15. The first-order valence-corrected chi connectivity index (χ1v) is 40.7. The third-order valence-electron chi connectivity index (χ3n) is 25.0. The Labute approximate surface area is 682 Å². The maximum absolute atomic E-state index is 5.11. The highest BCUT2D eigenvalue weighted by atomic mass is 15.0. The second kappa shape index (κ2) is 26.7. The predicted molar refractivity (Wildman–Crippen MR) is 489 cm³/mol. The third-order valence-corrected chi connectivity index (χ3v) is 25.0. The Hall–Kier alpha value is -15.1. The van der Waals surface area contributed by atoms with E-state index in [2.05, 4.69) is 386 Å². The van der Waals surface area contributed by atoms with Gasteiger partial charge in [-0.05, 0) is 178 Å². The van der Waals surface area contributed by atoms with E-state index in [9.17, 15) is 0 Å². The van der Waals surface area contributed by atoms with Gasteiger partial charge in [0.25, 0.3) is 0 Å². The molecule has 2 aliphatic rings. The Morgan fingerprint density at radius 1 is 0.178 bits per heavy atom. The van der Waals surface area contributed by atoms with Gasteiger partial charge in [-0.1, -0.05) is 282 Å². The molecule has 6 heterocycles. The van der Waals surface area contributed by atoms with E-state index < -0.39 is 0 Å². The van der Waals surface area contributed by atoms with E-state index in [-0.39, 0.29) is 10.8 Å². The first-order chi connectivity index (χ1) is 58.0. The Morgan fingerprint density at radius 3 is 0.720 bits per heavy atom. The minimum atomic E-state index is -0.200. The molecule has 0 saturated carbocycles. The van der Waals surface area contributed by atoms with Crippen LogP contribution in [0.5, 0.6) is 0 Å². The van der Waals surface area contributed by atoms with Gasteiger partial charge in [0.2, 0.25) is 0 Å². The maximum atomic E-state index is 5.11. The highest BCUT2D eigenvalue weighted by Gasteiger charge is 2.40. The molecule has 0 fully saturated rings. The number of benzene rings is 16. The number of nitrogens with zero attached hydrogens (tertiary/aromatic N) is 8. The van der Waals surface area contributed by atoms with E-state index >= 15 is 0 Å². The van der Waals surface area contributed by atoms with Crippen LogP contribution in [0.15, 0.2) is 388 Å². The second-order valence-electron chi connectivity index (χ2n) is 32.5. The summed E-state index contributed by atoms with van der Waals surface area (Å²) in [6.45, 7) is 9.57. The van der Waals surface area contributed by atoms with Gasteiger partial charge in [0.05, 0.1) is 66.9 Å². The summed E-state index contributed by atoms with van der Waals surface area (Å²) in [7, 11) is 0. The van der Waals surface area contributed by atoms with Crippen molar-refractivity contribution < 1.29 is 0 Å². The van der Waals surface area contributed by atoms with Gasteiger partial charge in [-0.15, -0.1) is 0 Å². The summed E-state index contributed by atoms with van der Waals surface area (Å²) in [5.41, 5.74) is 34.4. The van der Waals surface area contributed by atoms with Crippen molar-refractivity contribution in [1.29, 1.82) is 0 Å². The van der Waals surface area contributed by atoms with E-state index in [0.29, 0.717) is 11.6 Å². The van der Waals surface area contributed by atoms with Gasteiger partial charge < -0.3 is 18.3 Å². The first kappa shape index (κ1) is 68.5. The van der Waals surface area contributed by atoms with Crippen LogP contribution in [0.4, 0.5) is 0 Å².